The van der Waals surface area contributed by atoms with E-state index in [1.165, 1.54) is 0 Å². The van der Waals surface area contributed by atoms with Crippen LogP contribution in [0.2, 0.25) is 0 Å². The first kappa shape index (κ1) is 15.4. The highest BCUT2D eigenvalue weighted by Crippen LogP contribution is 2.39. The normalized spacial score (nSPS) is 17.7. The number of carboxylic acids is 1. The molecule has 0 saturated carbocycles. The molecular formula is C14H16BrNO3S. The van der Waals surface area contributed by atoms with Gasteiger partial charge in [-0.1, -0.05) is 15.9 Å². The number of carbonyl (C=O) groups is 2. The van der Waals surface area contributed by atoms with Crippen LogP contribution in [0.15, 0.2) is 27.6 Å². The Morgan fingerprint density at radius 2 is 2.20 bits per heavy atom. The van der Waals surface area contributed by atoms with Gasteiger partial charge >= 0.3 is 5.97 Å². The second-order valence-corrected chi connectivity index (χ2v) is 6.76. The average Bonchev–Trinajstić information content (AvgIpc) is 2.37. The Balaban J connectivity index is 2.16. The lowest BCUT2D eigenvalue weighted by Gasteiger charge is -2.35. The fraction of sp³-hybridized carbons (Fsp3) is 0.429. The fourth-order valence-corrected chi connectivity index (χ4v) is 3.60. The van der Waals surface area contributed by atoms with Crippen molar-refractivity contribution >= 4 is 45.3 Å². The summed E-state index contributed by atoms with van der Waals surface area (Å²) in [5.74, 6) is 0.000783. The number of carbonyl (C=O) groups excluding carboxylic acids is 1. The fourth-order valence-electron chi connectivity index (χ4n) is 2.21. The van der Waals surface area contributed by atoms with E-state index in [-0.39, 0.29) is 24.8 Å². The first-order valence-electron chi connectivity index (χ1n) is 6.45. The number of halogens is 1. The summed E-state index contributed by atoms with van der Waals surface area (Å²) in [5, 5.41) is 8.65. The van der Waals surface area contributed by atoms with Gasteiger partial charge in [0.15, 0.2) is 0 Å². The summed E-state index contributed by atoms with van der Waals surface area (Å²) in [6.07, 6.45) is 0.690. The summed E-state index contributed by atoms with van der Waals surface area (Å²) in [6.45, 7) is 2.02. The highest BCUT2D eigenvalue weighted by molar-refractivity contribution is 9.10. The van der Waals surface area contributed by atoms with Crippen LogP contribution in [0.4, 0.5) is 5.69 Å². The quantitative estimate of drug-likeness (QED) is 0.895. The summed E-state index contributed by atoms with van der Waals surface area (Å²) in [7, 11) is 0. The van der Waals surface area contributed by atoms with Crippen molar-refractivity contribution in [2.24, 2.45) is 0 Å². The van der Waals surface area contributed by atoms with Crippen molar-refractivity contribution in [2.45, 2.75) is 37.1 Å². The summed E-state index contributed by atoms with van der Waals surface area (Å²) >= 11 is 5.18. The molecule has 6 heteroatoms. The minimum atomic E-state index is -0.858. The van der Waals surface area contributed by atoms with Crippen LogP contribution in [0.25, 0.3) is 0 Å². The molecule has 1 aliphatic heterocycles. The molecule has 1 atom stereocenters. The first-order valence-corrected chi connectivity index (χ1v) is 8.23. The Kier molecular flexibility index (Phi) is 5.10. The number of aliphatic carboxylic acids is 1. The zero-order valence-corrected chi connectivity index (χ0v) is 13.5. The molecule has 0 spiro atoms. The largest absolute Gasteiger partial charge is 0.481 e. The predicted octanol–water partition coefficient (Wildman–Crippen LogP) is 3.53. The molecule has 0 saturated heterocycles. The Hall–Kier alpha value is -1.01. The lowest BCUT2D eigenvalue weighted by atomic mass is 10.1. The minimum Gasteiger partial charge on any atom is -0.481 e. The van der Waals surface area contributed by atoms with Crippen LogP contribution in [-0.4, -0.2) is 28.8 Å². The summed E-state index contributed by atoms with van der Waals surface area (Å²) in [6, 6.07) is 6.05. The van der Waals surface area contributed by atoms with Crippen molar-refractivity contribution in [3.05, 3.63) is 22.7 Å². The molecular weight excluding hydrogens is 342 g/mol. The number of rotatable bonds is 4. The highest BCUT2D eigenvalue weighted by Gasteiger charge is 2.28. The van der Waals surface area contributed by atoms with E-state index < -0.39 is 5.97 Å². The Bertz CT molecular complexity index is 535. The van der Waals surface area contributed by atoms with Crippen LogP contribution in [0.3, 0.4) is 0 Å². The lowest BCUT2D eigenvalue weighted by molar-refractivity contribution is -0.137. The van der Waals surface area contributed by atoms with E-state index in [1.807, 2.05) is 25.1 Å². The van der Waals surface area contributed by atoms with E-state index in [2.05, 4.69) is 15.9 Å². The molecule has 1 N–H and O–H groups in total. The van der Waals surface area contributed by atoms with E-state index in [9.17, 15) is 9.59 Å². The smallest absolute Gasteiger partial charge is 0.303 e. The van der Waals surface area contributed by atoms with E-state index in [0.717, 1.165) is 20.8 Å². The molecule has 1 aromatic rings. The molecule has 1 heterocycles. The number of fused-ring (bicyclic) bond motifs is 1. The van der Waals surface area contributed by atoms with Gasteiger partial charge in [-0.25, -0.2) is 0 Å². The molecule has 0 radical (unpaired) electrons. The maximum Gasteiger partial charge on any atom is 0.303 e. The molecule has 108 valence electrons. The summed E-state index contributed by atoms with van der Waals surface area (Å²) in [5.41, 5.74) is 0.920. The van der Waals surface area contributed by atoms with Gasteiger partial charge in [-0.2, -0.15) is 0 Å². The van der Waals surface area contributed by atoms with Gasteiger partial charge in [0.05, 0.1) is 5.69 Å². The van der Waals surface area contributed by atoms with Crippen molar-refractivity contribution in [1.29, 1.82) is 0 Å². The van der Waals surface area contributed by atoms with Crippen LogP contribution < -0.4 is 4.90 Å². The standard InChI is InChI=1S/C14H16BrNO3S/c1-9-8-20-12-6-5-10(15)7-11(12)16(9)13(17)3-2-4-14(18)19/h5-7,9H,2-4,8H2,1H3,(H,18,19). The zero-order valence-electron chi connectivity index (χ0n) is 11.1. The van der Waals surface area contributed by atoms with Gasteiger partial charge in [-0.3, -0.25) is 9.59 Å². The Morgan fingerprint density at radius 1 is 1.45 bits per heavy atom. The van der Waals surface area contributed by atoms with E-state index in [0.29, 0.717) is 6.42 Å². The maximum atomic E-state index is 12.4. The van der Waals surface area contributed by atoms with Gasteiger partial charge in [0.25, 0.3) is 0 Å². The minimum absolute atomic E-state index is 0.00148. The van der Waals surface area contributed by atoms with Gasteiger partial charge in [0, 0.05) is 34.0 Å². The molecule has 2 rings (SSSR count). The molecule has 1 aromatic carbocycles. The van der Waals surface area contributed by atoms with E-state index >= 15 is 0 Å². The van der Waals surface area contributed by atoms with Crippen molar-refractivity contribution in [3.8, 4) is 0 Å². The van der Waals surface area contributed by atoms with Crippen molar-refractivity contribution in [1.82, 2.24) is 0 Å². The van der Waals surface area contributed by atoms with Crippen LogP contribution in [0.5, 0.6) is 0 Å². The number of carboxylic acid groups (broad SMARTS) is 1. The molecule has 0 bridgehead atoms. The number of thioether (sulfide) groups is 1. The zero-order chi connectivity index (χ0) is 14.7. The van der Waals surface area contributed by atoms with E-state index in [1.54, 1.807) is 16.7 Å². The van der Waals surface area contributed by atoms with Crippen LogP contribution in [0.1, 0.15) is 26.2 Å². The Labute approximate surface area is 130 Å². The van der Waals surface area contributed by atoms with Crippen molar-refractivity contribution in [2.75, 3.05) is 10.7 Å². The number of amides is 1. The van der Waals surface area contributed by atoms with Gasteiger partial charge in [-0.05, 0) is 31.5 Å². The third-order valence-corrected chi connectivity index (χ3v) is 4.95. The summed E-state index contributed by atoms with van der Waals surface area (Å²) in [4.78, 5) is 25.8. The molecule has 1 amide bonds. The molecule has 4 nitrogen and oxygen atoms in total. The van der Waals surface area contributed by atoms with E-state index in [4.69, 9.17) is 5.11 Å². The third-order valence-electron chi connectivity index (χ3n) is 3.15. The molecule has 0 aromatic heterocycles. The second kappa shape index (κ2) is 6.63. The number of hydrogen-bond acceptors (Lipinski definition) is 3. The number of benzene rings is 1. The monoisotopic (exact) mass is 357 g/mol. The third kappa shape index (κ3) is 3.55. The number of hydrogen-bond donors (Lipinski definition) is 1. The van der Waals surface area contributed by atoms with Gasteiger partial charge in [-0.15, -0.1) is 11.8 Å². The second-order valence-electron chi connectivity index (χ2n) is 4.78. The van der Waals surface area contributed by atoms with Gasteiger partial charge in [0.2, 0.25) is 5.91 Å². The molecule has 0 aliphatic carbocycles. The SMILES string of the molecule is CC1CSc2ccc(Br)cc2N1C(=O)CCCC(=O)O. The van der Waals surface area contributed by atoms with Crippen molar-refractivity contribution < 1.29 is 14.7 Å². The molecule has 1 unspecified atom stereocenters. The molecule has 1 aliphatic rings. The molecule has 20 heavy (non-hydrogen) atoms. The topological polar surface area (TPSA) is 57.6 Å². The maximum absolute atomic E-state index is 12.4. The van der Waals surface area contributed by atoms with Gasteiger partial charge in [0.1, 0.15) is 0 Å². The van der Waals surface area contributed by atoms with Crippen LogP contribution in [0, 0.1) is 0 Å². The van der Waals surface area contributed by atoms with Crippen LogP contribution >= 0.6 is 27.7 Å². The number of anilines is 1. The summed E-state index contributed by atoms with van der Waals surface area (Å²) < 4.78 is 0.939. The van der Waals surface area contributed by atoms with Crippen molar-refractivity contribution in [3.63, 3.8) is 0 Å². The van der Waals surface area contributed by atoms with Gasteiger partial charge < -0.3 is 10.0 Å². The molecule has 0 fully saturated rings. The van der Waals surface area contributed by atoms with Crippen LogP contribution in [-0.2, 0) is 9.59 Å². The predicted molar refractivity (Wildman–Crippen MR) is 83.3 cm³/mol. The Morgan fingerprint density at radius 3 is 2.90 bits per heavy atom. The first-order chi connectivity index (χ1) is 9.49. The lowest BCUT2D eigenvalue weighted by Crippen LogP contribution is -2.42. The average molecular weight is 358 g/mol. The number of nitrogens with zero attached hydrogens (tertiary/aromatic N) is 1. The highest BCUT2D eigenvalue weighted by atomic mass is 79.9.